The Kier molecular flexibility index (Phi) is 5.99. The van der Waals surface area contributed by atoms with E-state index < -0.39 is 0 Å². The molecule has 1 unspecified atom stereocenters. The molecule has 0 heterocycles. The molecule has 2 N–H and O–H groups in total. The average molecular weight is 287 g/mol. The SMILES string of the molecule is Cc1cc(C#CCO)cc(C(=O)NCC(C)C(C)(C)C)c1. The number of rotatable bonds is 3. The first-order valence-electron chi connectivity index (χ1n) is 7.23. The molecule has 0 fully saturated rings. The quantitative estimate of drug-likeness (QED) is 0.840. The van der Waals surface area contributed by atoms with Crippen molar-refractivity contribution in [3.63, 3.8) is 0 Å². The van der Waals surface area contributed by atoms with Gasteiger partial charge in [0.25, 0.3) is 5.91 Å². The van der Waals surface area contributed by atoms with Gasteiger partial charge in [-0.1, -0.05) is 39.5 Å². The van der Waals surface area contributed by atoms with Gasteiger partial charge in [0.05, 0.1) is 0 Å². The molecule has 1 aromatic rings. The Balaban J connectivity index is 2.81. The predicted molar refractivity (Wildman–Crippen MR) is 86.1 cm³/mol. The summed E-state index contributed by atoms with van der Waals surface area (Å²) in [6, 6.07) is 5.51. The highest BCUT2D eigenvalue weighted by Gasteiger charge is 2.20. The third-order valence-electron chi connectivity index (χ3n) is 3.70. The third-order valence-corrected chi connectivity index (χ3v) is 3.70. The van der Waals surface area contributed by atoms with Crippen LogP contribution in [0.15, 0.2) is 18.2 Å². The molecule has 1 rings (SSSR count). The zero-order valence-electron chi connectivity index (χ0n) is 13.6. The topological polar surface area (TPSA) is 49.3 Å². The van der Waals surface area contributed by atoms with E-state index in [2.05, 4.69) is 44.9 Å². The summed E-state index contributed by atoms with van der Waals surface area (Å²) in [5.41, 5.74) is 2.50. The minimum absolute atomic E-state index is 0.0816. The fourth-order valence-corrected chi connectivity index (χ4v) is 1.78. The van der Waals surface area contributed by atoms with Crippen LogP contribution in [-0.4, -0.2) is 24.2 Å². The maximum Gasteiger partial charge on any atom is 0.251 e. The van der Waals surface area contributed by atoms with Crippen LogP contribution < -0.4 is 5.32 Å². The molecule has 1 amide bonds. The Morgan fingerprint density at radius 3 is 2.57 bits per heavy atom. The molecule has 0 aliphatic heterocycles. The van der Waals surface area contributed by atoms with Crippen molar-refractivity contribution in [2.75, 3.05) is 13.2 Å². The van der Waals surface area contributed by atoms with Crippen LogP contribution in [0.2, 0.25) is 0 Å². The van der Waals surface area contributed by atoms with Crippen molar-refractivity contribution in [1.29, 1.82) is 0 Å². The first kappa shape index (κ1) is 17.3. The summed E-state index contributed by atoms with van der Waals surface area (Å²) in [5, 5.41) is 11.7. The normalized spacial score (nSPS) is 12.3. The van der Waals surface area contributed by atoms with Gasteiger partial charge in [0.15, 0.2) is 0 Å². The lowest BCUT2D eigenvalue weighted by molar-refractivity contribution is 0.0937. The van der Waals surface area contributed by atoms with Crippen molar-refractivity contribution in [2.24, 2.45) is 11.3 Å². The molecule has 3 heteroatoms. The summed E-state index contributed by atoms with van der Waals surface area (Å²) in [7, 11) is 0. The first-order chi connectivity index (χ1) is 9.74. The molecule has 0 aromatic heterocycles. The number of carbonyl (C=O) groups excluding carboxylic acids is 1. The van der Waals surface area contributed by atoms with E-state index in [1.165, 1.54) is 0 Å². The van der Waals surface area contributed by atoms with E-state index in [0.717, 1.165) is 11.1 Å². The van der Waals surface area contributed by atoms with E-state index in [4.69, 9.17) is 5.11 Å². The van der Waals surface area contributed by atoms with Crippen LogP contribution in [0.25, 0.3) is 0 Å². The molecule has 0 aliphatic rings. The molecular formula is C18H25NO2. The van der Waals surface area contributed by atoms with Crippen LogP contribution >= 0.6 is 0 Å². The third kappa shape index (κ3) is 5.61. The number of benzene rings is 1. The molecule has 3 nitrogen and oxygen atoms in total. The molecule has 0 saturated carbocycles. The smallest absolute Gasteiger partial charge is 0.251 e. The molecule has 0 radical (unpaired) electrons. The van der Waals surface area contributed by atoms with Crippen molar-refractivity contribution in [2.45, 2.75) is 34.6 Å². The molecule has 1 atom stereocenters. The van der Waals surface area contributed by atoms with Gasteiger partial charge in [-0.3, -0.25) is 4.79 Å². The maximum absolute atomic E-state index is 12.2. The number of nitrogens with one attached hydrogen (secondary N) is 1. The fraction of sp³-hybridized carbons (Fsp3) is 0.500. The van der Waals surface area contributed by atoms with Crippen molar-refractivity contribution in [1.82, 2.24) is 5.32 Å². The molecule has 114 valence electrons. The van der Waals surface area contributed by atoms with Crippen LogP contribution in [0.5, 0.6) is 0 Å². The van der Waals surface area contributed by atoms with Gasteiger partial charge in [-0.2, -0.15) is 0 Å². The molecule has 0 spiro atoms. The minimum atomic E-state index is -0.182. The first-order valence-corrected chi connectivity index (χ1v) is 7.23. The van der Waals surface area contributed by atoms with Crippen molar-refractivity contribution < 1.29 is 9.90 Å². The maximum atomic E-state index is 12.2. The second kappa shape index (κ2) is 7.28. The monoisotopic (exact) mass is 287 g/mol. The number of aliphatic hydroxyl groups is 1. The number of hydrogen-bond donors (Lipinski definition) is 2. The standard InChI is InChI=1S/C18H25NO2/c1-13-9-15(7-6-8-20)11-16(10-13)17(21)19-12-14(2)18(3,4)5/h9-11,14,20H,8,12H2,1-5H3,(H,19,21). The Morgan fingerprint density at radius 1 is 1.33 bits per heavy atom. The van der Waals surface area contributed by atoms with E-state index in [9.17, 15) is 4.79 Å². The van der Waals surface area contributed by atoms with E-state index in [0.29, 0.717) is 18.0 Å². The number of aryl methyl sites for hydroxylation is 1. The van der Waals surface area contributed by atoms with E-state index in [-0.39, 0.29) is 17.9 Å². The van der Waals surface area contributed by atoms with Gasteiger partial charge in [-0.05, 0) is 42.0 Å². The van der Waals surface area contributed by atoms with Gasteiger partial charge < -0.3 is 10.4 Å². The second-order valence-corrected chi connectivity index (χ2v) is 6.52. The predicted octanol–water partition coefficient (Wildman–Crippen LogP) is 2.75. The lowest BCUT2D eigenvalue weighted by atomic mass is 9.82. The van der Waals surface area contributed by atoms with Crippen LogP contribution in [0.3, 0.4) is 0 Å². The van der Waals surface area contributed by atoms with Crippen molar-refractivity contribution in [3.8, 4) is 11.8 Å². The molecule has 1 aromatic carbocycles. The second-order valence-electron chi connectivity index (χ2n) is 6.52. The van der Waals surface area contributed by atoms with Gasteiger partial charge in [0.2, 0.25) is 0 Å². The summed E-state index contributed by atoms with van der Waals surface area (Å²) in [6.07, 6.45) is 0. The van der Waals surface area contributed by atoms with Gasteiger partial charge in [-0.25, -0.2) is 0 Å². The number of aliphatic hydroxyl groups excluding tert-OH is 1. The summed E-state index contributed by atoms with van der Waals surface area (Å²) >= 11 is 0. The zero-order chi connectivity index (χ0) is 16.0. The van der Waals surface area contributed by atoms with Crippen LogP contribution in [-0.2, 0) is 0 Å². The Labute approximate surface area is 127 Å². The Morgan fingerprint density at radius 2 is 2.00 bits per heavy atom. The van der Waals surface area contributed by atoms with Gasteiger partial charge >= 0.3 is 0 Å². The number of amides is 1. The van der Waals surface area contributed by atoms with E-state index >= 15 is 0 Å². The highest BCUT2D eigenvalue weighted by atomic mass is 16.2. The summed E-state index contributed by atoms with van der Waals surface area (Å²) in [5.74, 6) is 5.75. The highest BCUT2D eigenvalue weighted by Crippen LogP contribution is 2.24. The number of carbonyl (C=O) groups is 1. The molecular weight excluding hydrogens is 262 g/mol. The van der Waals surface area contributed by atoms with Crippen molar-refractivity contribution >= 4 is 5.91 Å². The van der Waals surface area contributed by atoms with Crippen LogP contribution in [0.4, 0.5) is 0 Å². The lowest BCUT2D eigenvalue weighted by Gasteiger charge is -2.27. The van der Waals surface area contributed by atoms with Crippen molar-refractivity contribution in [3.05, 3.63) is 34.9 Å². The van der Waals surface area contributed by atoms with Gasteiger partial charge in [0.1, 0.15) is 6.61 Å². The van der Waals surface area contributed by atoms with E-state index in [1.54, 1.807) is 6.07 Å². The average Bonchev–Trinajstić information content (AvgIpc) is 2.40. The van der Waals surface area contributed by atoms with Crippen LogP contribution in [0.1, 0.15) is 49.2 Å². The highest BCUT2D eigenvalue weighted by molar-refractivity contribution is 5.94. The lowest BCUT2D eigenvalue weighted by Crippen LogP contribution is -2.33. The van der Waals surface area contributed by atoms with Crippen LogP contribution in [0, 0.1) is 30.1 Å². The van der Waals surface area contributed by atoms with Gasteiger partial charge in [-0.15, -0.1) is 0 Å². The molecule has 0 bridgehead atoms. The fourth-order valence-electron chi connectivity index (χ4n) is 1.78. The minimum Gasteiger partial charge on any atom is -0.384 e. The Hall–Kier alpha value is -1.79. The van der Waals surface area contributed by atoms with Gasteiger partial charge in [0, 0.05) is 17.7 Å². The summed E-state index contributed by atoms with van der Waals surface area (Å²) in [4.78, 5) is 12.2. The number of hydrogen-bond acceptors (Lipinski definition) is 2. The Bertz CT molecular complexity index is 559. The molecule has 0 aliphatic carbocycles. The summed E-state index contributed by atoms with van der Waals surface area (Å²) < 4.78 is 0. The molecule has 0 saturated heterocycles. The largest absolute Gasteiger partial charge is 0.384 e. The molecule has 21 heavy (non-hydrogen) atoms. The summed E-state index contributed by atoms with van der Waals surface area (Å²) in [6.45, 7) is 11.0. The zero-order valence-corrected chi connectivity index (χ0v) is 13.6. The van der Waals surface area contributed by atoms with E-state index in [1.807, 2.05) is 19.1 Å².